The SMILES string of the molecule is CC(CO)(NC(=O)NC(Cn1cncn1)c1ccccc1)C1CC1. The van der Waals surface area contributed by atoms with Gasteiger partial charge < -0.3 is 15.7 Å². The number of carbonyl (C=O) groups is 1. The fourth-order valence-electron chi connectivity index (χ4n) is 2.88. The molecule has 1 aromatic heterocycles. The summed E-state index contributed by atoms with van der Waals surface area (Å²) in [7, 11) is 0. The highest BCUT2D eigenvalue weighted by atomic mass is 16.3. The number of aromatic nitrogens is 3. The molecule has 1 fully saturated rings. The molecule has 2 unspecified atom stereocenters. The van der Waals surface area contributed by atoms with E-state index in [1.165, 1.54) is 6.33 Å². The summed E-state index contributed by atoms with van der Waals surface area (Å²) in [5.74, 6) is 0.346. The first-order chi connectivity index (χ1) is 11.6. The first-order valence-electron chi connectivity index (χ1n) is 8.17. The van der Waals surface area contributed by atoms with Crippen LogP contribution in [0.15, 0.2) is 43.0 Å². The molecular weight excluding hydrogens is 306 g/mol. The van der Waals surface area contributed by atoms with Crippen LogP contribution >= 0.6 is 0 Å². The summed E-state index contributed by atoms with van der Waals surface area (Å²) in [6.45, 7) is 2.31. The van der Waals surface area contributed by atoms with Crippen molar-refractivity contribution in [1.29, 1.82) is 0 Å². The number of urea groups is 1. The standard InChI is InChI=1S/C17H23N5O2/c1-17(10-23,14-7-8-14)21-16(24)20-15(9-22-12-18-11-19-22)13-5-3-2-4-6-13/h2-6,11-12,14-15,23H,7-10H2,1H3,(H2,20,21,24). The number of benzene rings is 1. The minimum absolute atomic E-state index is 0.0653. The van der Waals surface area contributed by atoms with Gasteiger partial charge in [-0.1, -0.05) is 30.3 Å². The molecule has 24 heavy (non-hydrogen) atoms. The fourth-order valence-corrected chi connectivity index (χ4v) is 2.88. The third-order valence-electron chi connectivity index (χ3n) is 4.55. The Morgan fingerprint density at radius 3 is 2.75 bits per heavy atom. The van der Waals surface area contributed by atoms with Crippen LogP contribution in [-0.2, 0) is 6.54 Å². The zero-order valence-electron chi connectivity index (χ0n) is 13.7. The zero-order chi connectivity index (χ0) is 17.0. The van der Waals surface area contributed by atoms with Crippen LogP contribution < -0.4 is 10.6 Å². The van der Waals surface area contributed by atoms with Gasteiger partial charge in [-0.15, -0.1) is 0 Å². The number of hydrogen-bond acceptors (Lipinski definition) is 4. The van der Waals surface area contributed by atoms with Crippen molar-refractivity contribution < 1.29 is 9.90 Å². The Kier molecular flexibility index (Phi) is 4.80. The summed E-state index contributed by atoms with van der Waals surface area (Å²) < 4.78 is 1.68. The molecule has 2 atom stereocenters. The molecule has 1 heterocycles. The van der Waals surface area contributed by atoms with E-state index >= 15 is 0 Å². The van der Waals surface area contributed by atoms with Crippen LogP contribution in [0.3, 0.4) is 0 Å². The summed E-state index contributed by atoms with van der Waals surface area (Å²) >= 11 is 0. The van der Waals surface area contributed by atoms with E-state index < -0.39 is 5.54 Å². The van der Waals surface area contributed by atoms with E-state index in [2.05, 4.69) is 20.7 Å². The highest BCUT2D eigenvalue weighted by Crippen LogP contribution is 2.39. The van der Waals surface area contributed by atoms with Crippen LogP contribution in [-0.4, -0.2) is 38.0 Å². The number of amides is 2. The van der Waals surface area contributed by atoms with Crippen LogP contribution in [0.5, 0.6) is 0 Å². The molecule has 2 amide bonds. The maximum atomic E-state index is 12.5. The van der Waals surface area contributed by atoms with Gasteiger partial charge in [0.1, 0.15) is 12.7 Å². The number of nitrogens with zero attached hydrogens (tertiary/aromatic N) is 3. The van der Waals surface area contributed by atoms with E-state index in [-0.39, 0.29) is 18.7 Å². The molecule has 1 aliphatic carbocycles. The molecule has 3 N–H and O–H groups in total. The Bertz CT molecular complexity index is 657. The normalized spacial score (nSPS) is 17.8. The summed E-state index contributed by atoms with van der Waals surface area (Å²) in [5.41, 5.74) is 0.416. The van der Waals surface area contributed by atoms with Crippen LogP contribution in [0.1, 0.15) is 31.4 Å². The van der Waals surface area contributed by atoms with Crippen molar-refractivity contribution in [3.8, 4) is 0 Å². The Morgan fingerprint density at radius 2 is 2.17 bits per heavy atom. The Hall–Kier alpha value is -2.41. The third-order valence-corrected chi connectivity index (χ3v) is 4.55. The van der Waals surface area contributed by atoms with Gasteiger partial charge in [0.2, 0.25) is 0 Å². The monoisotopic (exact) mass is 329 g/mol. The number of nitrogens with one attached hydrogen (secondary N) is 2. The number of aliphatic hydroxyl groups excluding tert-OH is 1. The molecular formula is C17H23N5O2. The van der Waals surface area contributed by atoms with Crippen molar-refractivity contribution in [2.24, 2.45) is 5.92 Å². The second kappa shape index (κ2) is 7.00. The molecule has 7 heteroatoms. The Morgan fingerprint density at radius 1 is 1.42 bits per heavy atom. The quantitative estimate of drug-likeness (QED) is 0.717. The lowest BCUT2D eigenvalue weighted by molar-refractivity contribution is 0.153. The van der Waals surface area contributed by atoms with E-state index in [9.17, 15) is 9.90 Å². The first kappa shape index (κ1) is 16.4. The second-order valence-electron chi connectivity index (χ2n) is 6.53. The molecule has 0 spiro atoms. The molecule has 0 radical (unpaired) electrons. The van der Waals surface area contributed by atoms with Crippen molar-refractivity contribution in [3.63, 3.8) is 0 Å². The topological polar surface area (TPSA) is 92.1 Å². The average molecular weight is 329 g/mol. The van der Waals surface area contributed by atoms with Crippen LogP contribution in [0, 0.1) is 5.92 Å². The number of aliphatic hydroxyl groups is 1. The van der Waals surface area contributed by atoms with Gasteiger partial charge in [0, 0.05) is 0 Å². The first-order valence-corrected chi connectivity index (χ1v) is 8.17. The predicted molar refractivity (Wildman–Crippen MR) is 89.1 cm³/mol. The molecule has 7 nitrogen and oxygen atoms in total. The minimum atomic E-state index is -0.571. The van der Waals surface area contributed by atoms with Gasteiger partial charge in [-0.05, 0) is 31.2 Å². The lowest BCUT2D eigenvalue weighted by Crippen LogP contribution is -2.54. The van der Waals surface area contributed by atoms with E-state index in [0.717, 1.165) is 18.4 Å². The van der Waals surface area contributed by atoms with Crippen molar-refractivity contribution >= 4 is 6.03 Å². The van der Waals surface area contributed by atoms with Crippen molar-refractivity contribution in [1.82, 2.24) is 25.4 Å². The van der Waals surface area contributed by atoms with E-state index in [4.69, 9.17) is 0 Å². The predicted octanol–water partition coefficient (Wildman–Crippen LogP) is 1.48. The average Bonchev–Trinajstić information content (AvgIpc) is 3.34. The van der Waals surface area contributed by atoms with Crippen LogP contribution in [0.25, 0.3) is 0 Å². The number of rotatable bonds is 7. The number of hydrogen-bond donors (Lipinski definition) is 3. The lowest BCUT2D eigenvalue weighted by atomic mass is 9.97. The molecule has 128 valence electrons. The molecule has 0 saturated heterocycles. The van der Waals surface area contributed by atoms with Gasteiger partial charge in [0.05, 0.1) is 24.7 Å². The third kappa shape index (κ3) is 3.91. The Labute approximate surface area is 141 Å². The minimum Gasteiger partial charge on any atom is -0.394 e. The maximum Gasteiger partial charge on any atom is 0.315 e. The van der Waals surface area contributed by atoms with Crippen molar-refractivity contribution in [3.05, 3.63) is 48.5 Å². The van der Waals surface area contributed by atoms with Gasteiger partial charge >= 0.3 is 6.03 Å². The largest absolute Gasteiger partial charge is 0.394 e. The molecule has 1 aliphatic rings. The maximum absolute atomic E-state index is 12.5. The zero-order valence-corrected chi connectivity index (χ0v) is 13.7. The fraction of sp³-hybridized carbons (Fsp3) is 0.471. The molecule has 1 saturated carbocycles. The van der Waals surface area contributed by atoms with E-state index in [0.29, 0.717) is 12.5 Å². The van der Waals surface area contributed by atoms with Crippen LogP contribution in [0.4, 0.5) is 4.79 Å². The highest BCUT2D eigenvalue weighted by molar-refractivity contribution is 5.75. The molecule has 3 rings (SSSR count). The molecule has 0 aliphatic heterocycles. The van der Waals surface area contributed by atoms with Gasteiger partial charge in [0.25, 0.3) is 0 Å². The van der Waals surface area contributed by atoms with Gasteiger partial charge in [0.15, 0.2) is 0 Å². The second-order valence-corrected chi connectivity index (χ2v) is 6.53. The number of carbonyl (C=O) groups excluding carboxylic acids is 1. The van der Waals surface area contributed by atoms with Crippen LogP contribution in [0.2, 0.25) is 0 Å². The lowest BCUT2D eigenvalue weighted by Gasteiger charge is -2.30. The van der Waals surface area contributed by atoms with Crippen molar-refractivity contribution in [2.75, 3.05) is 6.61 Å². The van der Waals surface area contributed by atoms with E-state index in [1.54, 1.807) is 11.0 Å². The summed E-state index contributed by atoms with van der Waals surface area (Å²) in [6.07, 6.45) is 5.17. The Balaban J connectivity index is 1.70. The van der Waals surface area contributed by atoms with Gasteiger partial charge in [-0.25, -0.2) is 9.78 Å². The molecule has 2 aromatic rings. The molecule has 0 bridgehead atoms. The summed E-state index contributed by atoms with van der Waals surface area (Å²) in [6, 6.07) is 9.22. The smallest absolute Gasteiger partial charge is 0.315 e. The highest BCUT2D eigenvalue weighted by Gasteiger charge is 2.42. The van der Waals surface area contributed by atoms with E-state index in [1.807, 2.05) is 37.3 Å². The van der Waals surface area contributed by atoms with Crippen molar-refractivity contribution in [2.45, 2.75) is 37.9 Å². The summed E-state index contributed by atoms with van der Waals surface area (Å²) in [4.78, 5) is 16.4. The van der Waals surface area contributed by atoms with Gasteiger partial charge in [-0.3, -0.25) is 4.68 Å². The molecule has 1 aromatic carbocycles. The van der Waals surface area contributed by atoms with Gasteiger partial charge in [-0.2, -0.15) is 5.10 Å². The summed E-state index contributed by atoms with van der Waals surface area (Å²) in [5, 5.41) is 19.7.